The van der Waals surface area contributed by atoms with Gasteiger partial charge >= 0.3 is 6.03 Å². The van der Waals surface area contributed by atoms with Crippen molar-refractivity contribution in [3.05, 3.63) is 96.1 Å². The third-order valence-corrected chi connectivity index (χ3v) is 15.0. The van der Waals surface area contributed by atoms with Gasteiger partial charge in [0.2, 0.25) is 0 Å². The summed E-state index contributed by atoms with van der Waals surface area (Å²) in [5.74, 6) is -0.950. The predicted molar refractivity (Wildman–Crippen MR) is 205 cm³/mol. The van der Waals surface area contributed by atoms with Crippen molar-refractivity contribution in [2.24, 2.45) is 0 Å². The zero-order chi connectivity index (χ0) is 40.4. The van der Waals surface area contributed by atoms with Crippen LogP contribution in [0.1, 0.15) is 11.1 Å². The van der Waals surface area contributed by atoms with Gasteiger partial charge in [0.25, 0.3) is 40.3 Å². The molecule has 0 aromatic heterocycles. The second kappa shape index (κ2) is 12.0. The normalized spacial score (nSPS) is 15.4. The summed E-state index contributed by atoms with van der Waals surface area (Å²) in [5, 5.41) is 25.9. The number of amides is 2. The van der Waals surface area contributed by atoms with E-state index < -0.39 is 67.6 Å². The first-order chi connectivity index (χ1) is 26.2. The lowest BCUT2D eigenvalue weighted by atomic mass is 10.1. The third-order valence-electron chi connectivity index (χ3n) is 9.65. The smallest absolute Gasteiger partial charge is 0.323 e. The van der Waals surface area contributed by atoms with Gasteiger partial charge in [0.05, 0.1) is 34.1 Å². The molecule has 288 valence electrons. The highest BCUT2D eigenvalue weighted by Crippen LogP contribution is 2.51. The number of fused-ring (bicyclic) bond motifs is 8. The Bertz CT molecular complexity index is 3050. The monoisotopic (exact) mass is 838 g/mol. The maximum atomic E-state index is 14.1. The van der Waals surface area contributed by atoms with Crippen LogP contribution < -0.4 is 19.2 Å². The number of phenols is 2. The summed E-state index contributed by atoms with van der Waals surface area (Å²) in [4.78, 5) is 11.7. The van der Waals surface area contributed by atoms with Crippen LogP contribution in [0.4, 0.5) is 38.9 Å². The average Bonchev–Trinajstić information content (AvgIpc) is 3.09. The Kier molecular flexibility index (Phi) is 7.93. The summed E-state index contributed by atoms with van der Waals surface area (Å²) in [7, 11) is -18.7. The quantitative estimate of drug-likeness (QED) is 0.108. The molecule has 2 amide bonds. The second-order valence-electron chi connectivity index (χ2n) is 12.8. The predicted octanol–water partition coefficient (Wildman–Crippen LogP) is 5.84. The average molecular weight is 839 g/mol. The van der Waals surface area contributed by atoms with E-state index >= 15 is 0 Å². The Balaban J connectivity index is 1.17. The molecule has 6 aromatic rings. The van der Waals surface area contributed by atoms with E-state index in [2.05, 4.69) is 10.6 Å². The van der Waals surface area contributed by atoms with Crippen LogP contribution in [0.2, 0.25) is 0 Å². The van der Waals surface area contributed by atoms with Gasteiger partial charge in [-0.1, -0.05) is 24.3 Å². The van der Waals surface area contributed by atoms with Crippen molar-refractivity contribution in [3.8, 4) is 11.5 Å². The molecule has 0 spiro atoms. The van der Waals surface area contributed by atoms with Gasteiger partial charge in [-0.3, -0.25) is 9.11 Å². The van der Waals surface area contributed by atoms with Gasteiger partial charge < -0.3 is 20.8 Å². The third kappa shape index (κ3) is 5.27. The molecule has 4 aliphatic heterocycles. The Morgan fingerprint density at radius 3 is 1.27 bits per heavy atom. The molecule has 0 aliphatic carbocycles. The van der Waals surface area contributed by atoms with E-state index in [1.807, 2.05) is 0 Å². The lowest BCUT2D eigenvalue weighted by Gasteiger charge is -2.35. The number of rotatable bonds is 6. The highest BCUT2D eigenvalue weighted by molar-refractivity contribution is 7.94. The maximum absolute atomic E-state index is 14.1. The Morgan fingerprint density at radius 2 is 0.911 bits per heavy atom. The number of hydrogen-bond donors (Lipinski definition) is 6. The van der Waals surface area contributed by atoms with Crippen LogP contribution in [0, 0.1) is 13.8 Å². The summed E-state index contributed by atoms with van der Waals surface area (Å²) in [6, 6.07) is 16.2. The van der Waals surface area contributed by atoms with Gasteiger partial charge in [-0.25, -0.2) is 30.2 Å². The number of anilines is 6. The Hall–Kier alpha value is -5.97. The fourth-order valence-corrected chi connectivity index (χ4v) is 12.1. The van der Waals surface area contributed by atoms with Gasteiger partial charge in [-0.05, 0) is 85.6 Å². The molecule has 4 heterocycles. The van der Waals surface area contributed by atoms with Crippen LogP contribution in [0.25, 0.3) is 21.5 Å². The molecule has 21 heteroatoms. The van der Waals surface area contributed by atoms with E-state index in [-0.39, 0.29) is 76.6 Å². The molecule has 4 aliphatic rings. The van der Waals surface area contributed by atoms with E-state index in [4.69, 9.17) is 0 Å². The van der Waals surface area contributed by atoms with Crippen LogP contribution in [0.5, 0.6) is 11.5 Å². The van der Waals surface area contributed by atoms with E-state index in [1.165, 1.54) is 74.5 Å². The molecular weight excluding hydrogens is 813 g/mol. The van der Waals surface area contributed by atoms with E-state index in [0.29, 0.717) is 0 Å². The Labute approximate surface area is 318 Å². The van der Waals surface area contributed by atoms with Crippen molar-refractivity contribution in [2.75, 3.05) is 19.2 Å². The number of nitrogens with one attached hydrogen (secondary N) is 2. The number of sulfonamides is 2. The van der Waals surface area contributed by atoms with E-state index in [1.54, 1.807) is 0 Å². The summed E-state index contributed by atoms with van der Waals surface area (Å²) < 4.78 is 126. The molecule has 0 fully saturated rings. The SMILES string of the molecule is Cc1c2ccc(c1NC(=O)Nc1c3ccc(c1C)N(c1ccc(S(=O)(=O)O)c4cccc(O)c14)S3(=O)=O)S(=O)(=O)N2c1ccc(S(=O)(=O)O)c2cccc(O)c12. The first-order valence-electron chi connectivity index (χ1n) is 16.1. The number of urea groups is 1. The van der Waals surface area contributed by atoms with Crippen LogP contribution >= 0.6 is 0 Å². The fourth-order valence-electron chi connectivity index (χ4n) is 7.24. The Morgan fingerprint density at radius 1 is 0.554 bits per heavy atom. The summed E-state index contributed by atoms with van der Waals surface area (Å²) in [5.41, 5.74) is -0.102. The summed E-state index contributed by atoms with van der Waals surface area (Å²) >= 11 is 0. The standard InChI is InChI=1S/C35H26N4O13S4/c1-17-21-9-15-29(53(43,44)38(21)23-11-13-27(55(47,48)49)19-5-3-7-25(40)31(19)23)33(17)36-35(42)37-34-18(2)22-10-16-30(34)54(45,46)39(22)24-12-14-28(56(50,51)52)20-6-4-8-26(41)32(20)24/h3-16,40-41H,1-2H3,(H2,36,37,42)(H,47,48,49)(H,50,51,52). The van der Waals surface area contributed by atoms with Gasteiger partial charge in [0.1, 0.15) is 31.1 Å². The first kappa shape index (κ1) is 37.0. The number of benzene rings is 6. The minimum Gasteiger partial charge on any atom is -0.507 e. The number of nitrogens with zero attached hydrogens (tertiary/aromatic N) is 2. The molecule has 6 aromatic carbocycles. The highest BCUT2D eigenvalue weighted by atomic mass is 32.2. The molecule has 0 unspecified atom stereocenters. The molecule has 0 saturated carbocycles. The minimum absolute atomic E-state index is 0.0214. The largest absolute Gasteiger partial charge is 0.507 e. The molecule has 10 rings (SSSR count). The number of phenolic OH excluding ortho intramolecular Hbond substituents is 2. The van der Waals surface area contributed by atoms with E-state index in [0.717, 1.165) is 32.9 Å². The number of carbonyl (C=O) groups excluding carboxylic acids is 1. The van der Waals surface area contributed by atoms with Gasteiger partial charge in [0, 0.05) is 21.5 Å². The number of carbonyl (C=O) groups is 1. The molecule has 6 N–H and O–H groups in total. The van der Waals surface area contributed by atoms with Gasteiger partial charge in [0.15, 0.2) is 0 Å². The molecule has 0 atom stereocenters. The molecule has 0 radical (unpaired) electrons. The molecule has 4 bridgehead atoms. The van der Waals surface area contributed by atoms with Crippen molar-refractivity contribution in [1.29, 1.82) is 0 Å². The van der Waals surface area contributed by atoms with Crippen LogP contribution in [0.15, 0.2) is 105 Å². The summed E-state index contributed by atoms with van der Waals surface area (Å²) in [6.45, 7) is 3.00. The van der Waals surface area contributed by atoms with Crippen LogP contribution in [0.3, 0.4) is 0 Å². The van der Waals surface area contributed by atoms with Gasteiger partial charge in [-0.15, -0.1) is 0 Å². The van der Waals surface area contributed by atoms with Crippen molar-refractivity contribution in [3.63, 3.8) is 0 Å². The zero-order valence-electron chi connectivity index (χ0n) is 28.6. The first-order valence-corrected chi connectivity index (χ1v) is 21.8. The topological polar surface area (TPSA) is 265 Å². The lowest BCUT2D eigenvalue weighted by molar-refractivity contribution is 0.262. The molecular formula is C35H26N4O13S4. The van der Waals surface area contributed by atoms with Gasteiger partial charge in [-0.2, -0.15) is 16.8 Å². The molecule has 17 nitrogen and oxygen atoms in total. The van der Waals surface area contributed by atoms with Crippen molar-refractivity contribution < 1.29 is 57.8 Å². The van der Waals surface area contributed by atoms with Crippen molar-refractivity contribution in [1.82, 2.24) is 0 Å². The zero-order valence-corrected chi connectivity index (χ0v) is 31.8. The molecule has 56 heavy (non-hydrogen) atoms. The van der Waals surface area contributed by atoms with Crippen molar-refractivity contribution in [2.45, 2.75) is 33.4 Å². The highest BCUT2D eigenvalue weighted by Gasteiger charge is 2.41. The maximum Gasteiger partial charge on any atom is 0.323 e. The lowest BCUT2D eigenvalue weighted by Crippen LogP contribution is -2.35. The number of aromatic hydroxyl groups is 2. The fraction of sp³-hybridized carbons (Fsp3) is 0.0571. The minimum atomic E-state index is -4.79. The number of hydrogen-bond acceptors (Lipinski definition) is 11. The van der Waals surface area contributed by atoms with Crippen LogP contribution in [-0.4, -0.2) is 59.0 Å². The summed E-state index contributed by atoms with van der Waals surface area (Å²) in [6.07, 6.45) is 0. The van der Waals surface area contributed by atoms with E-state index in [9.17, 15) is 57.8 Å². The molecule has 0 saturated heterocycles. The van der Waals surface area contributed by atoms with Crippen LogP contribution in [-0.2, 0) is 40.3 Å². The van der Waals surface area contributed by atoms with Crippen molar-refractivity contribution >= 4 is 102 Å². The second-order valence-corrected chi connectivity index (χ2v) is 19.1.